The smallest absolute Gasteiger partial charge is 0.0377 e. The minimum absolute atomic E-state index is 0.477. The molecule has 0 amide bonds. The molecule has 1 nitrogen and oxygen atoms in total. The third kappa shape index (κ3) is 3.67. The molecule has 17 heavy (non-hydrogen) atoms. The molecule has 1 aromatic rings. The molecular weight excluding hydrogens is 294 g/mol. The van der Waals surface area contributed by atoms with Crippen LogP contribution in [-0.2, 0) is 0 Å². The molecule has 0 saturated heterocycles. The van der Waals surface area contributed by atoms with E-state index in [0.717, 1.165) is 6.54 Å². The molecule has 0 bridgehead atoms. The third-order valence-electron chi connectivity index (χ3n) is 3.32. The van der Waals surface area contributed by atoms with Gasteiger partial charge < -0.3 is 5.32 Å². The average Bonchev–Trinajstić information content (AvgIpc) is 2.76. The first-order valence-corrected chi connectivity index (χ1v) is 8.17. The zero-order valence-corrected chi connectivity index (χ0v) is 12.7. The van der Waals surface area contributed by atoms with E-state index in [1.165, 1.54) is 42.1 Å². The average molecular weight is 314 g/mol. The summed E-state index contributed by atoms with van der Waals surface area (Å²) in [7, 11) is 0. The lowest BCUT2D eigenvalue weighted by Crippen LogP contribution is -2.21. The fraction of sp³-hybridized carbons (Fsp3) is 0.571. The van der Waals surface area contributed by atoms with E-state index in [2.05, 4.69) is 45.0 Å². The van der Waals surface area contributed by atoms with Crippen molar-refractivity contribution in [3.8, 4) is 0 Å². The Balaban J connectivity index is 2.07. The van der Waals surface area contributed by atoms with E-state index < -0.39 is 0 Å². The lowest BCUT2D eigenvalue weighted by atomic mass is 9.92. The van der Waals surface area contributed by atoms with E-state index in [1.807, 2.05) is 0 Å². The Morgan fingerprint density at radius 1 is 1.41 bits per heavy atom. The van der Waals surface area contributed by atoms with Gasteiger partial charge in [-0.25, -0.2) is 0 Å². The van der Waals surface area contributed by atoms with Crippen LogP contribution in [-0.4, -0.2) is 6.54 Å². The largest absolute Gasteiger partial charge is 0.310 e. The monoisotopic (exact) mass is 313 g/mol. The van der Waals surface area contributed by atoms with E-state index in [4.69, 9.17) is 0 Å². The molecule has 0 fully saturated rings. The summed E-state index contributed by atoms with van der Waals surface area (Å²) >= 11 is 5.43. The van der Waals surface area contributed by atoms with Crippen LogP contribution >= 0.6 is 27.3 Å². The van der Waals surface area contributed by atoms with Crippen molar-refractivity contribution in [2.45, 2.75) is 45.1 Å². The minimum atomic E-state index is 0.477. The van der Waals surface area contributed by atoms with Crippen molar-refractivity contribution in [3.63, 3.8) is 0 Å². The van der Waals surface area contributed by atoms with Crippen LogP contribution in [0.2, 0.25) is 0 Å². The molecule has 94 valence electrons. The highest BCUT2D eigenvalue weighted by molar-refractivity contribution is 9.10. The lowest BCUT2D eigenvalue weighted by molar-refractivity contribution is 0.527. The van der Waals surface area contributed by atoms with Gasteiger partial charge in [-0.1, -0.05) is 18.6 Å². The van der Waals surface area contributed by atoms with Crippen molar-refractivity contribution >= 4 is 27.3 Å². The van der Waals surface area contributed by atoms with Crippen LogP contribution in [0.3, 0.4) is 0 Å². The number of allylic oxidation sites excluding steroid dienone is 1. The van der Waals surface area contributed by atoms with E-state index >= 15 is 0 Å². The van der Waals surface area contributed by atoms with Gasteiger partial charge in [0.15, 0.2) is 0 Å². The topological polar surface area (TPSA) is 12.0 Å². The summed E-state index contributed by atoms with van der Waals surface area (Å²) < 4.78 is 1.25. The maximum atomic E-state index is 3.65. The summed E-state index contributed by atoms with van der Waals surface area (Å²) in [5.74, 6) is 0. The fourth-order valence-electron chi connectivity index (χ4n) is 2.43. The number of halogens is 1. The first kappa shape index (κ1) is 13.3. The standard InChI is InChI=1S/C14H20BrNS/c1-2-16-14(12-9-17-10-13(12)15)8-11-6-4-3-5-7-11/h6,9-10,14,16H,2-5,7-8H2,1H3. The minimum Gasteiger partial charge on any atom is -0.310 e. The molecule has 1 aliphatic carbocycles. The first-order chi connectivity index (χ1) is 8.31. The molecule has 0 aromatic carbocycles. The molecule has 0 spiro atoms. The predicted octanol–water partition coefficient (Wildman–Crippen LogP) is 5.05. The lowest BCUT2D eigenvalue weighted by Gasteiger charge is -2.21. The Morgan fingerprint density at radius 3 is 2.88 bits per heavy atom. The highest BCUT2D eigenvalue weighted by Gasteiger charge is 2.16. The molecule has 1 N–H and O–H groups in total. The molecule has 3 heteroatoms. The maximum absolute atomic E-state index is 3.65. The summed E-state index contributed by atoms with van der Waals surface area (Å²) in [6.45, 7) is 3.21. The Labute approximate surface area is 116 Å². The summed E-state index contributed by atoms with van der Waals surface area (Å²) in [5.41, 5.74) is 3.06. The number of nitrogens with one attached hydrogen (secondary N) is 1. The van der Waals surface area contributed by atoms with Crippen LogP contribution in [0.5, 0.6) is 0 Å². The van der Waals surface area contributed by atoms with Crippen molar-refractivity contribution in [2.24, 2.45) is 0 Å². The fourth-order valence-corrected chi connectivity index (χ4v) is 4.06. The molecule has 1 aromatic heterocycles. The normalized spacial score (nSPS) is 17.9. The van der Waals surface area contributed by atoms with Gasteiger partial charge in [0, 0.05) is 15.9 Å². The van der Waals surface area contributed by atoms with E-state index in [1.54, 1.807) is 16.9 Å². The van der Waals surface area contributed by atoms with Gasteiger partial charge >= 0.3 is 0 Å². The van der Waals surface area contributed by atoms with E-state index in [-0.39, 0.29) is 0 Å². The van der Waals surface area contributed by atoms with Crippen molar-refractivity contribution in [3.05, 3.63) is 32.4 Å². The second-order valence-corrected chi connectivity index (χ2v) is 6.20. The highest BCUT2D eigenvalue weighted by Crippen LogP contribution is 2.33. The van der Waals surface area contributed by atoms with Crippen LogP contribution in [0.4, 0.5) is 0 Å². The quantitative estimate of drug-likeness (QED) is 0.750. The van der Waals surface area contributed by atoms with E-state index in [0.29, 0.717) is 6.04 Å². The Bertz CT molecular complexity index is 383. The van der Waals surface area contributed by atoms with Crippen molar-refractivity contribution < 1.29 is 0 Å². The summed E-state index contributed by atoms with van der Waals surface area (Å²) in [4.78, 5) is 0. The van der Waals surface area contributed by atoms with Gasteiger partial charge in [0.25, 0.3) is 0 Å². The summed E-state index contributed by atoms with van der Waals surface area (Å²) in [6, 6.07) is 0.477. The Kier molecular flexibility index (Phi) is 5.26. The Morgan fingerprint density at radius 2 is 2.29 bits per heavy atom. The SMILES string of the molecule is CCNC(CC1=CCCCC1)c1cscc1Br. The van der Waals surface area contributed by atoms with Gasteiger partial charge in [0.05, 0.1) is 0 Å². The summed E-state index contributed by atoms with van der Waals surface area (Å²) in [6.07, 6.45) is 8.94. The van der Waals surface area contributed by atoms with E-state index in [9.17, 15) is 0 Å². The van der Waals surface area contributed by atoms with Gasteiger partial charge in [-0.15, -0.1) is 0 Å². The van der Waals surface area contributed by atoms with Crippen molar-refractivity contribution in [2.75, 3.05) is 6.54 Å². The second kappa shape index (κ2) is 6.72. The molecule has 0 aliphatic heterocycles. The van der Waals surface area contributed by atoms with Crippen LogP contribution in [0, 0.1) is 0 Å². The number of thiophene rings is 1. The molecule has 2 rings (SSSR count). The molecule has 1 heterocycles. The molecule has 1 atom stereocenters. The maximum Gasteiger partial charge on any atom is 0.0377 e. The predicted molar refractivity (Wildman–Crippen MR) is 79.6 cm³/mol. The number of rotatable bonds is 5. The highest BCUT2D eigenvalue weighted by atomic mass is 79.9. The first-order valence-electron chi connectivity index (χ1n) is 6.44. The zero-order chi connectivity index (χ0) is 12.1. The molecule has 1 unspecified atom stereocenters. The number of hydrogen-bond acceptors (Lipinski definition) is 2. The zero-order valence-electron chi connectivity index (χ0n) is 10.3. The van der Waals surface area contributed by atoms with Gasteiger partial charge in [0.2, 0.25) is 0 Å². The van der Waals surface area contributed by atoms with Crippen LogP contribution in [0.1, 0.15) is 50.6 Å². The number of hydrogen-bond donors (Lipinski definition) is 1. The van der Waals surface area contributed by atoms with Gasteiger partial charge in [-0.3, -0.25) is 0 Å². The van der Waals surface area contributed by atoms with Gasteiger partial charge in [-0.2, -0.15) is 11.3 Å². The van der Waals surface area contributed by atoms with Gasteiger partial charge in [-0.05, 0) is 65.5 Å². The van der Waals surface area contributed by atoms with Crippen LogP contribution in [0.15, 0.2) is 26.9 Å². The summed E-state index contributed by atoms with van der Waals surface area (Å²) in [5, 5.41) is 8.05. The molecular formula is C14H20BrNS. The van der Waals surface area contributed by atoms with Crippen LogP contribution < -0.4 is 5.32 Å². The van der Waals surface area contributed by atoms with Crippen molar-refractivity contribution in [1.82, 2.24) is 5.32 Å². The molecule has 0 radical (unpaired) electrons. The molecule has 1 aliphatic rings. The van der Waals surface area contributed by atoms with Crippen LogP contribution in [0.25, 0.3) is 0 Å². The van der Waals surface area contributed by atoms with Gasteiger partial charge in [0.1, 0.15) is 0 Å². The molecule has 0 saturated carbocycles. The second-order valence-electron chi connectivity index (χ2n) is 4.60. The third-order valence-corrected chi connectivity index (χ3v) is 5.07. The Hall–Kier alpha value is -0.120. The van der Waals surface area contributed by atoms with Crippen molar-refractivity contribution in [1.29, 1.82) is 0 Å².